The average molecular weight is 474 g/mol. The fraction of sp³-hybridized carbons (Fsp3) is 0.130. The molecule has 0 bridgehead atoms. The molecule has 33 heavy (non-hydrogen) atoms. The van der Waals surface area contributed by atoms with Gasteiger partial charge in [0.15, 0.2) is 11.6 Å². The highest BCUT2D eigenvalue weighted by Gasteiger charge is 2.27. The first kappa shape index (κ1) is 23.9. The number of nitrogens with one attached hydrogen (secondary N) is 1. The summed E-state index contributed by atoms with van der Waals surface area (Å²) < 4.78 is 59.2. The van der Waals surface area contributed by atoms with Crippen molar-refractivity contribution in [3.05, 3.63) is 95.6 Å². The Hall–Kier alpha value is -3.79. The van der Waals surface area contributed by atoms with Crippen LogP contribution in [0.2, 0.25) is 0 Å². The van der Waals surface area contributed by atoms with Crippen molar-refractivity contribution in [2.45, 2.75) is 11.0 Å². The summed E-state index contributed by atoms with van der Waals surface area (Å²) in [5.74, 6) is -3.80. The molecule has 1 N–H and O–H groups in total. The topological polar surface area (TPSA) is 92.8 Å². The maximum Gasteiger partial charge on any atom is 0.339 e. The molecule has 0 aliphatic rings. The Kier molecular flexibility index (Phi) is 7.07. The number of hydrogen-bond acceptors (Lipinski definition) is 5. The molecule has 3 aromatic rings. The highest BCUT2D eigenvalue weighted by molar-refractivity contribution is 7.92. The Morgan fingerprint density at radius 2 is 1.61 bits per heavy atom. The van der Waals surface area contributed by atoms with E-state index in [9.17, 15) is 26.8 Å². The summed E-state index contributed by atoms with van der Waals surface area (Å²) >= 11 is 0. The molecule has 0 aliphatic carbocycles. The minimum atomic E-state index is -4.26. The van der Waals surface area contributed by atoms with Gasteiger partial charge in [-0.2, -0.15) is 0 Å². The Morgan fingerprint density at radius 1 is 0.909 bits per heavy atom. The number of esters is 1. The number of carbonyl (C=O) groups excluding carboxylic acids is 2. The molecule has 1 atom stereocenters. The first-order valence-electron chi connectivity index (χ1n) is 9.63. The van der Waals surface area contributed by atoms with E-state index in [0.29, 0.717) is 17.7 Å². The normalized spacial score (nSPS) is 12.0. The number of nitrogens with zero attached hydrogens (tertiary/aromatic N) is 1. The summed E-state index contributed by atoms with van der Waals surface area (Å²) in [4.78, 5) is 26.1. The van der Waals surface area contributed by atoms with Crippen LogP contribution in [-0.2, 0) is 19.6 Å². The quantitative estimate of drug-likeness (QED) is 0.527. The number of benzene rings is 3. The van der Waals surface area contributed by atoms with E-state index in [-0.39, 0.29) is 11.3 Å². The van der Waals surface area contributed by atoms with E-state index in [1.807, 2.05) is 0 Å². The number of hydrogen-bond donors (Lipinski definition) is 1. The van der Waals surface area contributed by atoms with Gasteiger partial charge in [-0.15, -0.1) is 0 Å². The summed E-state index contributed by atoms with van der Waals surface area (Å²) in [5, 5.41) is 0. The van der Waals surface area contributed by atoms with Crippen LogP contribution in [0, 0.1) is 11.6 Å². The lowest BCUT2D eigenvalue weighted by Gasteiger charge is -2.21. The molecule has 0 fully saturated rings. The van der Waals surface area contributed by atoms with E-state index in [4.69, 9.17) is 4.74 Å². The van der Waals surface area contributed by atoms with E-state index < -0.39 is 44.5 Å². The number of rotatable bonds is 7. The predicted octanol–water partition coefficient (Wildman–Crippen LogP) is 3.75. The van der Waals surface area contributed by atoms with Crippen molar-refractivity contribution in [2.75, 3.05) is 18.8 Å². The zero-order chi connectivity index (χ0) is 24.2. The van der Waals surface area contributed by atoms with Crippen molar-refractivity contribution < 1.29 is 31.5 Å². The van der Waals surface area contributed by atoms with E-state index >= 15 is 0 Å². The van der Waals surface area contributed by atoms with Gasteiger partial charge in [0.25, 0.3) is 15.9 Å². The molecule has 0 heterocycles. The third-order valence-electron chi connectivity index (χ3n) is 4.54. The molecule has 1 unspecified atom stereocenters. The van der Waals surface area contributed by atoms with Crippen LogP contribution >= 0.6 is 0 Å². The second-order valence-electron chi connectivity index (χ2n) is 7.19. The lowest BCUT2D eigenvalue weighted by molar-refractivity contribution is -0.138. The molecule has 0 aromatic heterocycles. The molecule has 0 saturated heterocycles. The lowest BCUT2D eigenvalue weighted by Crippen LogP contribution is -2.31. The number of anilines is 1. The maximum atomic E-state index is 13.4. The molecule has 172 valence electrons. The number of amides is 1. The molecule has 0 spiro atoms. The zero-order valence-electron chi connectivity index (χ0n) is 17.7. The van der Waals surface area contributed by atoms with E-state index in [0.717, 1.165) is 6.07 Å². The molecule has 3 rings (SSSR count). The molecule has 0 radical (unpaired) electrons. The third-order valence-corrected chi connectivity index (χ3v) is 5.92. The SMILES string of the molecule is CN(C)C(=O)C(OC(=O)c1cccc(NS(=O)(=O)c2ccc(F)c(F)c2)c1)c1ccccc1. The van der Waals surface area contributed by atoms with Crippen molar-refractivity contribution in [2.24, 2.45) is 0 Å². The summed E-state index contributed by atoms with van der Waals surface area (Å²) in [5.41, 5.74) is 0.442. The van der Waals surface area contributed by atoms with E-state index in [2.05, 4.69) is 4.72 Å². The molecule has 1 amide bonds. The zero-order valence-corrected chi connectivity index (χ0v) is 18.5. The first-order valence-corrected chi connectivity index (χ1v) is 11.1. The number of likely N-dealkylation sites (N-methyl/N-ethyl adjacent to an activating group) is 1. The molecule has 0 aliphatic heterocycles. The van der Waals surface area contributed by atoms with Crippen molar-refractivity contribution in [3.63, 3.8) is 0 Å². The average Bonchev–Trinajstić information content (AvgIpc) is 2.79. The van der Waals surface area contributed by atoms with Crippen molar-refractivity contribution in [1.29, 1.82) is 0 Å². The van der Waals surface area contributed by atoms with Crippen LogP contribution in [0.5, 0.6) is 0 Å². The Morgan fingerprint density at radius 3 is 2.24 bits per heavy atom. The third kappa shape index (κ3) is 5.72. The summed E-state index contributed by atoms with van der Waals surface area (Å²) in [6.07, 6.45) is -1.20. The Labute approximate surface area is 189 Å². The van der Waals surface area contributed by atoms with Gasteiger partial charge in [0.05, 0.1) is 10.5 Å². The number of carbonyl (C=O) groups is 2. The van der Waals surface area contributed by atoms with E-state index in [1.165, 1.54) is 43.3 Å². The largest absolute Gasteiger partial charge is 0.444 e. The summed E-state index contributed by atoms with van der Waals surface area (Å²) in [6.45, 7) is 0. The highest BCUT2D eigenvalue weighted by atomic mass is 32.2. The Bertz CT molecular complexity index is 1280. The van der Waals surface area contributed by atoms with Gasteiger partial charge in [-0.1, -0.05) is 36.4 Å². The minimum absolute atomic E-state index is 0.00983. The second-order valence-corrected chi connectivity index (χ2v) is 8.87. The van der Waals surface area contributed by atoms with Gasteiger partial charge in [-0.25, -0.2) is 22.0 Å². The summed E-state index contributed by atoms with van der Waals surface area (Å²) in [6, 6.07) is 16.0. The lowest BCUT2D eigenvalue weighted by atomic mass is 10.1. The molecular formula is C23H20F2N2O5S. The Balaban J connectivity index is 1.84. The van der Waals surface area contributed by atoms with Crippen molar-refractivity contribution >= 4 is 27.6 Å². The first-order chi connectivity index (χ1) is 15.6. The van der Waals surface area contributed by atoms with Crippen molar-refractivity contribution in [1.82, 2.24) is 4.90 Å². The number of sulfonamides is 1. The summed E-state index contributed by atoms with van der Waals surface area (Å²) in [7, 11) is -1.20. The van der Waals surface area contributed by atoms with Gasteiger partial charge in [0.2, 0.25) is 6.10 Å². The van der Waals surface area contributed by atoms with Gasteiger partial charge in [0.1, 0.15) is 0 Å². The monoisotopic (exact) mass is 474 g/mol. The molecule has 7 nitrogen and oxygen atoms in total. The van der Waals surface area contributed by atoms with E-state index in [1.54, 1.807) is 30.3 Å². The van der Waals surface area contributed by atoms with Crippen LogP contribution < -0.4 is 4.72 Å². The molecule has 0 saturated carbocycles. The van der Waals surface area contributed by atoms with Gasteiger partial charge in [-0.3, -0.25) is 9.52 Å². The highest BCUT2D eigenvalue weighted by Crippen LogP contribution is 2.23. The predicted molar refractivity (Wildman–Crippen MR) is 117 cm³/mol. The number of ether oxygens (including phenoxy) is 1. The van der Waals surface area contributed by atoms with Gasteiger partial charge < -0.3 is 9.64 Å². The molecular weight excluding hydrogens is 454 g/mol. The van der Waals surface area contributed by atoms with Crippen LogP contribution in [-0.4, -0.2) is 39.3 Å². The standard InChI is InChI=1S/C23H20F2N2O5S/c1-27(2)22(28)21(15-7-4-3-5-8-15)32-23(29)16-9-6-10-17(13-16)26-33(30,31)18-11-12-19(24)20(25)14-18/h3-14,21,26H,1-2H3. The van der Waals surface area contributed by atoms with Gasteiger partial charge in [0, 0.05) is 25.3 Å². The molecule has 10 heteroatoms. The van der Waals surface area contributed by atoms with Crippen LogP contribution in [0.15, 0.2) is 77.7 Å². The second kappa shape index (κ2) is 9.78. The van der Waals surface area contributed by atoms with Crippen LogP contribution in [0.3, 0.4) is 0 Å². The fourth-order valence-electron chi connectivity index (χ4n) is 2.87. The molecule has 3 aromatic carbocycles. The van der Waals surface area contributed by atoms with Crippen LogP contribution in [0.1, 0.15) is 22.0 Å². The van der Waals surface area contributed by atoms with Gasteiger partial charge in [-0.05, 0) is 36.4 Å². The van der Waals surface area contributed by atoms with Crippen molar-refractivity contribution in [3.8, 4) is 0 Å². The van der Waals surface area contributed by atoms with Crippen LogP contribution in [0.25, 0.3) is 0 Å². The smallest absolute Gasteiger partial charge is 0.339 e. The number of halogens is 2. The maximum absolute atomic E-state index is 13.4. The minimum Gasteiger partial charge on any atom is -0.444 e. The fourth-order valence-corrected chi connectivity index (χ4v) is 3.93. The van der Waals surface area contributed by atoms with Crippen LogP contribution in [0.4, 0.5) is 14.5 Å². The van der Waals surface area contributed by atoms with Gasteiger partial charge >= 0.3 is 5.97 Å².